The van der Waals surface area contributed by atoms with E-state index in [1.165, 1.54) is 0 Å². The molecule has 138 valence electrons. The predicted molar refractivity (Wildman–Crippen MR) is 103 cm³/mol. The van der Waals surface area contributed by atoms with Crippen LogP contribution >= 0.6 is 12.2 Å². The van der Waals surface area contributed by atoms with Crippen LogP contribution < -0.4 is 15.8 Å². The monoisotopic (exact) mass is 365 g/mol. The van der Waals surface area contributed by atoms with Crippen molar-refractivity contribution in [3.05, 3.63) is 23.8 Å². The number of rotatable bonds is 3. The summed E-state index contributed by atoms with van der Waals surface area (Å²) >= 11 is 4.84. The maximum absolute atomic E-state index is 12.1. The molecular formula is C18H27N3O3S. The average molecular weight is 365 g/mol. The van der Waals surface area contributed by atoms with Gasteiger partial charge in [-0.1, -0.05) is 0 Å². The van der Waals surface area contributed by atoms with Gasteiger partial charge in [0.1, 0.15) is 17.5 Å². The first kappa shape index (κ1) is 19.3. The number of piperidine rings is 1. The molecule has 1 saturated heterocycles. The molecule has 3 N–H and O–H groups in total. The summed E-state index contributed by atoms with van der Waals surface area (Å²) in [5.41, 5.74) is 6.87. The molecule has 1 aromatic rings. The third-order valence-corrected chi connectivity index (χ3v) is 3.93. The van der Waals surface area contributed by atoms with Gasteiger partial charge < -0.3 is 25.4 Å². The lowest BCUT2D eigenvalue weighted by molar-refractivity contribution is 0.0126. The quantitative estimate of drug-likeness (QED) is 0.799. The summed E-state index contributed by atoms with van der Waals surface area (Å²) in [5.74, 6) is 0.837. The van der Waals surface area contributed by atoms with Crippen LogP contribution in [0.15, 0.2) is 18.2 Å². The number of benzene rings is 1. The van der Waals surface area contributed by atoms with Crippen molar-refractivity contribution < 1.29 is 14.3 Å². The van der Waals surface area contributed by atoms with E-state index in [0.29, 0.717) is 13.1 Å². The van der Waals surface area contributed by atoms with Crippen molar-refractivity contribution in [2.45, 2.75) is 52.2 Å². The van der Waals surface area contributed by atoms with Gasteiger partial charge in [0, 0.05) is 31.6 Å². The van der Waals surface area contributed by atoms with Crippen molar-refractivity contribution in [2.75, 3.05) is 18.4 Å². The first-order valence-corrected chi connectivity index (χ1v) is 8.86. The Bertz CT molecular complexity index is 635. The summed E-state index contributed by atoms with van der Waals surface area (Å²) in [4.78, 5) is 13.8. The lowest BCUT2D eigenvalue weighted by Crippen LogP contribution is -2.44. The van der Waals surface area contributed by atoms with Gasteiger partial charge in [0.05, 0.1) is 0 Å². The first-order valence-electron chi connectivity index (χ1n) is 8.46. The highest BCUT2D eigenvalue weighted by Gasteiger charge is 2.27. The van der Waals surface area contributed by atoms with E-state index in [2.05, 4.69) is 5.32 Å². The molecule has 7 heteroatoms. The second-order valence-corrected chi connectivity index (χ2v) is 7.69. The van der Waals surface area contributed by atoms with Gasteiger partial charge >= 0.3 is 6.09 Å². The third-order valence-electron chi connectivity index (χ3n) is 3.83. The molecule has 0 radical (unpaired) electrons. The highest BCUT2D eigenvalue weighted by molar-refractivity contribution is 7.80. The number of amides is 1. The number of hydrogen-bond acceptors (Lipinski definition) is 4. The highest BCUT2D eigenvalue weighted by atomic mass is 32.1. The molecule has 0 aliphatic carbocycles. The van der Waals surface area contributed by atoms with E-state index in [-0.39, 0.29) is 17.3 Å². The van der Waals surface area contributed by atoms with E-state index < -0.39 is 5.60 Å². The van der Waals surface area contributed by atoms with Crippen LogP contribution in [-0.2, 0) is 4.74 Å². The Hall–Kier alpha value is -2.02. The van der Waals surface area contributed by atoms with E-state index >= 15 is 0 Å². The summed E-state index contributed by atoms with van der Waals surface area (Å²) < 4.78 is 11.5. The third kappa shape index (κ3) is 6.08. The van der Waals surface area contributed by atoms with Crippen LogP contribution in [0.1, 0.15) is 39.2 Å². The van der Waals surface area contributed by atoms with Crippen LogP contribution in [0.25, 0.3) is 0 Å². The first-order chi connectivity index (χ1) is 11.6. The molecule has 0 atom stereocenters. The molecule has 0 aromatic heterocycles. The molecule has 1 heterocycles. The number of carbonyl (C=O) groups excluding carboxylic acids is 1. The van der Waals surface area contributed by atoms with Crippen LogP contribution in [0.2, 0.25) is 0 Å². The zero-order valence-corrected chi connectivity index (χ0v) is 16.1. The Balaban J connectivity index is 1.88. The van der Waals surface area contributed by atoms with Gasteiger partial charge in [0.25, 0.3) is 0 Å². The smallest absolute Gasteiger partial charge is 0.410 e. The molecule has 0 spiro atoms. The van der Waals surface area contributed by atoms with Crippen molar-refractivity contribution >= 4 is 29.1 Å². The molecule has 1 fully saturated rings. The SMILES string of the molecule is Cc1cc(NC(N)=S)ccc1OC1CCN(C(=O)OC(C)(C)C)CC1. The van der Waals surface area contributed by atoms with Gasteiger partial charge in [-0.2, -0.15) is 0 Å². The van der Waals surface area contributed by atoms with Crippen molar-refractivity contribution in [3.8, 4) is 5.75 Å². The number of aryl methyl sites for hydroxylation is 1. The van der Waals surface area contributed by atoms with Gasteiger partial charge in [-0.05, 0) is 63.7 Å². The van der Waals surface area contributed by atoms with Crippen molar-refractivity contribution in [1.82, 2.24) is 4.90 Å². The number of anilines is 1. The molecular weight excluding hydrogens is 338 g/mol. The van der Waals surface area contributed by atoms with Gasteiger partial charge in [-0.25, -0.2) is 4.79 Å². The minimum atomic E-state index is -0.469. The minimum absolute atomic E-state index is 0.0896. The lowest BCUT2D eigenvalue weighted by atomic mass is 10.1. The molecule has 1 aliphatic heterocycles. The second-order valence-electron chi connectivity index (χ2n) is 7.25. The summed E-state index contributed by atoms with van der Waals surface area (Å²) in [6.07, 6.45) is 1.40. The number of nitrogens with two attached hydrogens (primary N) is 1. The minimum Gasteiger partial charge on any atom is -0.490 e. The number of carbonyl (C=O) groups is 1. The van der Waals surface area contributed by atoms with Crippen LogP contribution in [0.3, 0.4) is 0 Å². The molecule has 1 aliphatic rings. The zero-order chi connectivity index (χ0) is 18.6. The second kappa shape index (κ2) is 7.91. The fourth-order valence-corrected chi connectivity index (χ4v) is 2.78. The van der Waals surface area contributed by atoms with E-state index in [9.17, 15) is 4.79 Å². The van der Waals surface area contributed by atoms with Crippen LogP contribution in [0, 0.1) is 6.92 Å². The number of likely N-dealkylation sites (tertiary alicyclic amines) is 1. The Labute approximate surface area is 154 Å². The number of ether oxygens (including phenoxy) is 2. The van der Waals surface area contributed by atoms with Crippen molar-refractivity contribution in [2.24, 2.45) is 5.73 Å². The van der Waals surface area contributed by atoms with Gasteiger partial charge in [0.15, 0.2) is 5.11 Å². The Morgan fingerprint density at radius 2 is 1.96 bits per heavy atom. The van der Waals surface area contributed by atoms with Gasteiger partial charge in [-0.15, -0.1) is 0 Å². The maximum atomic E-state index is 12.1. The summed E-state index contributed by atoms with van der Waals surface area (Å²) in [6, 6.07) is 5.75. The standard InChI is InChI=1S/C18H27N3O3S/c1-12-11-13(20-16(19)25)5-6-15(12)23-14-7-9-21(10-8-14)17(22)24-18(2,3)4/h5-6,11,14H,7-10H2,1-4H3,(H3,19,20,25). The molecule has 0 bridgehead atoms. The molecule has 0 saturated carbocycles. The Morgan fingerprint density at radius 3 is 2.48 bits per heavy atom. The van der Waals surface area contributed by atoms with Crippen LogP contribution in [0.5, 0.6) is 5.75 Å². The number of nitrogens with one attached hydrogen (secondary N) is 1. The van der Waals surface area contributed by atoms with Crippen LogP contribution in [-0.4, -0.2) is 40.9 Å². The number of nitrogens with zero attached hydrogens (tertiary/aromatic N) is 1. The molecule has 25 heavy (non-hydrogen) atoms. The predicted octanol–water partition coefficient (Wildman–Crippen LogP) is 3.43. The number of thiocarbonyl (C=S) groups is 1. The van der Waals surface area contributed by atoms with E-state index in [4.69, 9.17) is 27.4 Å². The molecule has 0 unspecified atom stereocenters. The Kier molecular flexibility index (Phi) is 6.11. The topological polar surface area (TPSA) is 76.8 Å². The van der Waals surface area contributed by atoms with Gasteiger partial charge in [-0.3, -0.25) is 0 Å². The Morgan fingerprint density at radius 1 is 1.32 bits per heavy atom. The van der Waals surface area contributed by atoms with E-state index in [1.807, 2.05) is 45.9 Å². The fourth-order valence-electron chi connectivity index (χ4n) is 2.66. The largest absolute Gasteiger partial charge is 0.490 e. The lowest BCUT2D eigenvalue weighted by Gasteiger charge is -2.33. The van der Waals surface area contributed by atoms with E-state index in [0.717, 1.165) is 29.8 Å². The summed E-state index contributed by atoms with van der Waals surface area (Å²) in [7, 11) is 0. The average Bonchev–Trinajstić information content (AvgIpc) is 2.48. The highest BCUT2D eigenvalue weighted by Crippen LogP contribution is 2.26. The molecule has 6 nitrogen and oxygen atoms in total. The summed E-state index contributed by atoms with van der Waals surface area (Å²) in [5, 5.41) is 3.15. The van der Waals surface area contributed by atoms with E-state index in [1.54, 1.807) is 4.90 Å². The molecule has 2 rings (SSSR count). The molecule has 1 amide bonds. The van der Waals surface area contributed by atoms with Gasteiger partial charge in [0.2, 0.25) is 0 Å². The number of hydrogen-bond donors (Lipinski definition) is 2. The maximum Gasteiger partial charge on any atom is 0.410 e. The molecule has 1 aromatic carbocycles. The zero-order valence-electron chi connectivity index (χ0n) is 15.3. The summed E-state index contributed by atoms with van der Waals surface area (Å²) in [6.45, 7) is 8.88. The van der Waals surface area contributed by atoms with Crippen molar-refractivity contribution in [3.63, 3.8) is 0 Å². The van der Waals surface area contributed by atoms with Crippen molar-refractivity contribution in [1.29, 1.82) is 0 Å². The normalized spacial score (nSPS) is 15.6. The van der Waals surface area contributed by atoms with Crippen LogP contribution in [0.4, 0.5) is 10.5 Å². The fraction of sp³-hybridized carbons (Fsp3) is 0.556.